The summed E-state index contributed by atoms with van der Waals surface area (Å²) in [5.74, 6) is -1.56. The first-order valence-corrected chi connectivity index (χ1v) is 13.1. The van der Waals surface area contributed by atoms with Crippen molar-refractivity contribution in [2.45, 2.75) is 42.1 Å². The monoisotopic (exact) mass is 573 g/mol. The van der Waals surface area contributed by atoms with Crippen LogP contribution in [0.2, 0.25) is 0 Å². The quantitative estimate of drug-likeness (QED) is 0.306. The lowest BCUT2D eigenvalue weighted by molar-refractivity contribution is -0.376. The zero-order valence-corrected chi connectivity index (χ0v) is 20.9. The molecular formula is C27H22F7NO3S. The highest BCUT2D eigenvalue weighted by atomic mass is 32.2. The zero-order valence-electron chi connectivity index (χ0n) is 20.1. The predicted octanol–water partition coefficient (Wildman–Crippen LogP) is 6.27. The standard InChI is InChI=1S/C27H22F7NO3S/c28-23-5-1-3-19(14-23)13-21(17-39(37,38)24-6-2-4-20(15-24)16-35)8-7-18-9-11-22(12-10-18)25(36,26(29,30)31)27(32,33)34/h1-6,9-12,14-15,21,36H,7-8,13,17H2. The van der Waals surface area contributed by atoms with Gasteiger partial charge in [0.2, 0.25) is 0 Å². The summed E-state index contributed by atoms with van der Waals surface area (Å²) in [5, 5.41) is 18.6. The molecule has 0 aliphatic carbocycles. The summed E-state index contributed by atoms with van der Waals surface area (Å²) in [6.45, 7) is 0. The molecule has 0 aliphatic rings. The summed E-state index contributed by atoms with van der Waals surface area (Å²) < 4.78 is 119. The maximum absolute atomic E-state index is 13.7. The number of nitrogens with zero attached hydrogens (tertiary/aromatic N) is 1. The minimum atomic E-state index is -6.01. The minimum Gasteiger partial charge on any atom is -0.369 e. The number of alkyl halides is 6. The third-order valence-electron chi connectivity index (χ3n) is 6.22. The van der Waals surface area contributed by atoms with E-state index in [2.05, 4.69) is 0 Å². The van der Waals surface area contributed by atoms with Gasteiger partial charge in [-0.2, -0.15) is 31.6 Å². The molecule has 0 radical (unpaired) electrons. The normalized spacial score (nSPS) is 13.6. The van der Waals surface area contributed by atoms with Crippen molar-refractivity contribution < 1.29 is 44.3 Å². The van der Waals surface area contributed by atoms with Gasteiger partial charge >= 0.3 is 12.4 Å². The summed E-state index contributed by atoms with van der Waals surface area (Å²) in [4.78, 5) is -0.0891. The van der Waals surface area contributed by atoms with E-state index in [1.54, 1.807) is 6.07 Å². The van der Waals surface area contributed by atoms with Crippen LogP contribution in [0.4, 0.5) is 30.7 Å². The van der Waals surface area contributed by atoms with E-state index in [9.17, 15) is 44.3 Å². The van der Waals surface area contributed by atoms with Gasteiger partial charge in [0.1, 0.15) is 5.82 Å². The Morgan fingerprint density at radius 3 is 2.03 bits per heavy atom. The minimum absolute atomic E-state index is 0.0739. The van der Waals surface area contributed by atoms with Gasteiger partial charge in [0.25, 0.3) is 5.60 Å². The van der Waals surface area contributed by atoms with Crippen molar-refractivity contribution in [2.75, 3.05) is 5.75 Å². The van der Waals surface area contributed by atoms with Gasteiger partial charge in [-0.15, -0.1) is 0 Å². The maximum atomic E-state index is 13.7. The third kappa shape index (κ3) is 6.96. The second-order valence-corrected chi connectivity index (χ2v) is 11.1. The fourth-order valence-corrected chi connectivity index (χ4v) is 5.87. The molecule has 0 spiro atoms. The van der Waals surface area contributed by atoms with Crippen LogP contribution in [0.5, 0.6) is 0 Å². The second-order valence-electron chi connectivity index (χ2n) is 9.06. The molecule has 1 atom stereocenters. The SMILES string of the molecule is N#Cc1cccc(S(=O)(=O)CC(CCc2ccc(C(O)(C(F)(F)F)C(F)(F)F)cc2)Cc2cccc(F)c2)c1. The number of halogens is 7. The number of aliphatic hydroxyl groups is 1. The van der Waals surface area contributed by atoms with E-state index < -0.39 is 50.8 Å². The molecule has 1 N–H and O–H groups in total. The number of nitriles is 1. The summed E-state index contributed by atoms with van der Waals surface area (Å²) in [5.41, 5.74) is -5.52. The van der Waals surface area contributed by atoms with Crippen molar-refractivity contribution in [3.8, 4) is 6.07 Å². The van der Waals surface area contributed by atoms with Gasteiger partial charge in [-0.05, 0) is 66.6 Å². The largest absolute Gasteiger partial charge is 0.430 e. The Kier molecular flexibility index (Phi) is 8.77. The molecular weight excluding hydrogens is 551 g/mol. The van der Waals surface area contributed by atoms with Gasteiger partial charge in [0.15, 0.2) is 9.84 Å². The number of benzene rings is 3. The molecule has 0 aliphatic heterocycles. The Bertz CT molecular complexity index is 1430. The topological polar surface area (TPSA) is 78.2 Å². The van der Waals surface area contributed by atoms with Crippen LogP contribution in [-0.4, -0.2) is 31.6 Å². The zero-order chi connectivity index (χ0) is 29.1. The Labute approximate surface area is 220 Å². The van der Waals surface area contributed by atoms with Crippen LogP contribution < -0.4 is 0 Å². The molecule has 39 heavy (non-hydrogen) atoms. The van der Waals surface area contributed by atoms with Crippen molar-refractivity contribution in [1.82, 2.24) is 0 Å². The molecule has 4 nitrogen and oxygen atoms in total. The average Bonchev–Trinajstić information content (AvgIpc) is 2.85. The number of hydrogen-bond acceptors (Lipinski definition) is 4. The Balaban J connectivity index is 1.85. The Morgan fingerprint density at radius 1 is 0.846 bits per heavy atom. The van der Waals surface area contributed by atoms with Crippen LogP contribution in [0.1, 0.15) is 28.7 Å². The number of sulfone groups is 1. The predicted molar refractivity (Wildman–Crippen MR) is 128 cm³/mol. The van der Waals surface area contributed by atoms with Crippen LogP contribution in [0.25, 0.3) is 0 Å². The van der Waals surface area contributed by atoms with Gasteiger partial charge in [-0.25, -0.2) is 12.8 Å². The van der Waals surface area contributed by atoms with Gasteiger partial charge in [-0.3, -0.25) is 0 Å². The first-order chi connectivity index (χ1) is 18.1. The molecule has 0 bridgehead atoms. The molecule has 208 valence electrons. The lowest BCUT2D eigenvalue weighted by atomic mass is 9.90. The van der Waals surface area contributed by atoms with E-state index in [1.807, 2.05) is 6.07 Å². The number of rotatable bonds is 9. The van der Waals surface area contributed by atoms with E-state index in [4.69, 9.17) is 5.26 Å². The molecule has 3 aromatic carbocycles. The molecule has 3 aromatic rings. The number of hydrogen-bond donors (Lipinski definition) is 1. The molecule has 1 unspecified atom stereocenters. The molecule has 3 rings (SSSR count). The van der Waals surface area contributed by atoms with Crippen LogP contribution in [-0.2, 0) is 28.3 Å². The highest BCUT2D eigenvalue weighted by molar-refractivity contribution is 7.91. The van der Waals surface area contributed by atoms with Crippen molar-refractivity contribution >= 4 is 9.84 Å². The Morgan fingerprint density at radius 2 is 1.46 bits per heavy atom. The molecule has 0 saturated heterocycles. The van der Waals surface area contributed by atoms with Crippen molar-refractivity contribution in [3.05, 3.63) is 101 Å². The fraction of sp³-hybridized carbons (Fsp3) is 0.296. The molecule has 0 heterocycles. The van der Waals surface area contributed by atoms with E-state index in [0.29, 0.717) is 23.3 Å². The van der Waals surface area contributed by atoms with E-state index in [-0.39, 0.29) is 29.7 Å². The summed E-state index contributed by atoms with van der Waals surface area (Å²) in [6.07, 6.45) is -11.7. The van der Waals surface area contributed by atoms with Crippen LogP contribution in [0.15, 0.2) is 77.7 Å². The number of aryl methyl sites for hydroxylation is 1. The van der Waals surface area contributed by atoms with Crippen molar-refractivity contribution in [3.63, 3.8) is 0 Å². The lowest BCUT2D eigenvalue weighted by Crippen LogP contribution is -2.53. The Hall–Kier alpha value is -3.43. The summed E-state index contributed by atoms with van der Waals surface area (Å²) >= 11 is 0. The smallest absolute Gasteiger partial charge is 0.369 e. The summed E-state index contributed by atoms with van der Waals surface area (Å²) in [6, 6.07) is 15.8. The maximum Gasteiger partial charge on any atom is 0.430 e. The van der Waals surface area contributed by atoms with Gasteiger partial charge in [0.05, 0.1) is 22.3 Å². The molecule has 0 fully saturated rings. The lowest BCUT2D eigenvalue weighted by Gasteiger charge is -2.32. The van der Waals surface area contributed by atoms with Crippen LogP contribution >= 0.6 is 0 Å². The second kappa shape index (κ2) is 11.4. The van der Waals surface area contributed by atoms with E-state index in [1.165, 1.54) is 42.5 Å². The highest BCUT2D eigenvalue weighted by Crippen LogP contribution is 2.50. The average molecular weight is 574 g/mol. The highest BCUT2D eigenvalue weighted by Gasteiger charge is 2.71. The first kappa shape index (κ1) is 30.1. The van der Waals surface area contributed by atoms with Crippen LogP contribution in [0.3, 0.4) is 0 Å². The van der Waals surface area contributed by atoms with Gasteiger partial charge in [-0.1, -0.05) is 42.5 Å². The van der Waals surface area contributed by atoms with Crippen LogP contribution in [0, 0.1) is 23.1 Å². The molecule has 0 aromatic heterocycles. The van der Waals surface area contributed by atoms with Gasteiger partial charge < -0.3 is 5.11 Å². The third-order valence-corrected chi connectivity index (χ3v) is 8.11. The molecule has 0 saturated carbocycles. The molecule has 0 amide bonds. The fourth-order valence-electron chi connectivity index (χ4n) is 4.18. The van der Waals surface area contributed by atoms with Gasteiger partial charge in [0, 0.05) is 5.56 Å². The summed E-state index contributed by atoms with van der Waals surface area (Å²) in [7, 11) is -3.91. The van der Waals surface area contributed by atoms with Crippen molar-refractivity contribution in [2.24, 2.45) is 5.92 Å². The first-order valence-electron chi connectivity index (χ1n) is 11.5. The van der Waals surface area contributed by atoms with Crippen molar-refractivity contribution in [1.29, 1.82) is 5.26 Å². The van der Waals surface area contributed by atoms with E-state index in [0.717, 1.165) is 12.1 Å². The molecule has 12 heteroatoms. The van der Waals surface area contributed by atoms with E-state index >= 15 is 0 Å².